The molecule has 4 rings (SSSR count). The van der Waals surface area contributed by atoms with Gasteiger partial charge >= 0.3 is 0 Å². The van der Waals surface area contributed by atoms with Crippen LogP contribution in [0.1, 0.15) is 45.9 Å². The van der Waals surface area contributed by atoms with E-state index in [1.807, 2.05) is 39.0 Å². The van der Waals surface area contributed by atoms with Crippen LogP contribution < -0.4 is 10.8 Å². The van der Waals surface area contributed by atoms with Crippen LogP contribution in [0.5, 0.6) is 0 Å². The van der Waals surface area contributed by atoms with E-state index < -0.39 is 17.5 Å². The van der Waals surface area contributed by atoms with Gasteiger partial charge in [0.25, 0.3) is 5.95 Å². The molecule has 3 aromatic rings. The van der Waals surface area contributed by atoms with E-state index in [-0.39, 0.29) is 23.3 Å². The third-order valence-electron chi connectivity index (χ3n) is 4.45. The SMILES string of the molecule is CC(C)(C)ONc1nc(Nc2ccc3sncc3c2)nc(C2=C(F)[C@@H](O)CCC2)n1. The first-order valence-corrected chi connectivity index (χ1v) is 10.4. The van der Waals surface area contributed by atoms with Crippen molar-refractivity contribution in [2.45, 2.75) is 51.7 Å². The van der Waals surface area contributed by atoms with E-state index in [2.05, 4.69) is 30.1 Å². The first-order chi connectivity index (χ1) is 14.3. The van der Waals surface area contributed by atoms with Gasteiger partial charge in [-0.1, -0.05) is 0 Å². The van der Waals surface area contributed by atoms with Gasteiger partial charge in [0.05, 0.1) is 10.3 Å². The number of fused-ring (bicyclic) bond motifs is 1. The molecular formula is C20H23FN6O2S. The minimum atomic E-state index is -1.13. The van der Waals surface area contributed by atoms with E-state index in [1.165, 1.54) is 11.5 Å². The van der Waals surface area contributed by atoms with Crippen LogP contribution in [0.3, 0.4) is 0 Å². The van der Waals surface area contributed by atoms with Crippen molar-refractivity contribution in [1.82, 2.24) is 19.3 Å². The molecule has 10 heteroatoms. The third kappa shape index (κ3) is 4.72. The Bertz CT molecular complexity index is 1090. The summed E-state index contributed by atoms with van der Waals surface area (Å²) >= 11 is 1.42. The van der Waals surface area contributed by atoms with E-state index >= 15 is 0 Å². The summed E-state index contributed by atoms with van der Waals surface area (Å²) < 4.78 is 19.8. The van der Waals surface area contributed by atoms with Crippen LogP contribution >= 0.6 is 11.5 Å². The molecule has 1 aliphatic carbocycles. The molecule has 8 nitrogen and oxygen atoms in total. The lowest BCUT2D eigenvalue weighted by molar-refractivity contribution is 0.0358. The Morgan fingerprint density at radius 3 is 2.80 bits per heavy atom. The van der Waals surface area contributed by atoms with Gasteiger partial charge in [-0.15, -0.1) is 0 Å². The molecule has 0 bridgehead atoms. The highest BCUT2D eigenvalue weighted by Crippen LogP contribution is 2.33. The summed E-state index contributed by atoms with van der Waals surface area (Å²) in [5.74, 6) is -0.0344. The predicted octanol–water partition coefficient (Wildman–Crippen LogP) is 4.59. The molecule has 0 spiro atoms. The lowest BCUT2D eigenvalue weighted by atomic mass is 9.96. The number of aromatic nitrogens is 4. The van der Waals surface area contributed by atoms with E-state index in [9.17, 15) is 9.50 Å². The Hall–Kier alpha value is -2.69. The van der Waals surface area contributed by atoms with Crippen molar-refractivity contribution in [3.63, 3.8) is 0 Å². The molecular weight excluding hydrogens is 407 g/mol. The molecule has 0 amide bonds. The summed E-state index contributed by atoms with van der Waals surface area (Å²) in [6, 6.07) is 5.79. The first kappa shape index (κ1) is 20.6. The van der Waals surface area contributed by atoms with Gasteiger partial charge in [-0.05, 0) is 69.8 Å². The number of aliphatic hydroxyl groups is 1. The number of nitrogens with zero attached hydrogens (tertiary/aromatic N) is 4. The van der Waals surface area contributed by atoms with Gasteiger partial charge in [-0.2, -0.15) is 19.3 Å². The van der Waals surface area contributed by atoms with Crippen molar-refractivity contribution in [1.29, 1.82) is 0 Å². The molecule has 0 saturated heterocycles. The lowest BCUT2D eigenvalue weighted by Gasteiger charge is -2.21. The third-order valence-corrected chi connectivity index (χ3v) is 5.23. The summed E-state index contributed by atoms with van der Waals surface area (Å²) in [6.07, 6.45) is 2.15. The minimum absolute atomic E-state index is 0.149. The smallest absolute Gasteiger partial charge is 0.252 e. The molecule has 0 unspecified atom stereocenters. The number of halogens is 1. The number of benzene rings is 1. The fraction of sp³-hybridized carbons (Fsp3) is 0.400. The van der Waals surface area contributed by atoms with Crippen molar-refractivity contribution in [2.24, 2.45) is 0 Å². The number of anilines is 3. The Morgan fingerprint density at radius 1 is 1.20 bits per heavy atom. The van der Waals surface area contributed by atoms with Gasteiger partial charge in [0.1, 0.15) is 11.9 Å². The summed E-state index contributed by atoms with van der Waals surface area (Å²) in [6.45, 7) is 5.64. The maximum absolute atomic E-state index is 14.6. The Balaban J connectivity index is 1.70. The topological polar surface area (TPSA) is 105 Å². The van der Waals surface area contributed by atoms with Crippen LogP contribution in [0.2, 0.25) is 0 Å². The highest BCUT2D eigenvalue weighted by atomic mass is 32.1. The second-order valence-electron chi connectivity index (χ2n) is 8.06. The molecule has 1 aromatic carbocycles. The van der Waals surface area contributed by atoms with E-state index in [0.29, 0.717) is 19.3 Å². The van der Waals surface area contributed by atoms with Gasteiger partial charge < -0.3 is 10.4 Å². The Kier molecular flexibility index (Phi) is 5.63. The van der Waals surface area contributed by atoms with Crippen LogP contribution in [0, 0.1) is 0 Å². The molecule has 1 atom stereocenters. The van der Waals surface area contributed by atoms with Crippen LogP contribution in [0.4, 0.5) is 22.0 Å². The molecule has 2 aromatic heterocycles. The molecule has 3 N–H and O–H groups in total. The standard InChI is InChI=1S/C20H23FN6O2S/c1-20(2,3)29-27-19-25-17(13-5-4-6-14(28)16(13)21)24-18(26-19)23-12-7-8-15-11(9-12)10-22-30-15/h7-10,14,28H,4-6H2,1-3H3,(H2,23,24,25,26,27)/t14-/m0/s1. The van der Waals surface area contributed by atoms with E-state index in [1.54, 1.807) is 6.20 Å². The summed E-state index contributed by atoms with van der Waals surface area (Å²) in [5, 5.41) is 14.0. The summed E-state index contributed by atoms with van der Waals surface area (Å²) in [7, 11) is 0. The second-order valence-corrected chi connectivity index (χ2v) is 8.89. The van der Waals surface area contributed by atoms with Crippen molar-refractivity contribution in [2.75, 3.05) is 10.8 Å². The minimum Gasteiger partial charge on any atom is -0.386 e. The van der Waals surface area contributed by atoms with Gasteiger partial charge in [0.15, 0.2) is 5.82 Å². The quantitative estimate of drug-likeness (QED) is 0.505. The largest absolute Gasteiger partial charge is 0.386 e. The van der Waals surface area contributed by atoms with Gasteiger partial charge in [-0.3, -0.25) is 4.84 Å². The summed E-state index contributed by atoms with van der Waals surface area (Å²) in [4.78, 5) is 18.6. The van der Waals surface area contributed by atoms with Crippen LogP contribution in [-0.2, 0) is 4.84 Å². The normalized spacial score (nSPS) is 17.4. The number of aliphatic hydroxyl groups excluding tert-OH is 1. The maximum atomic E-state index is 14.6. The Labute approximate surface area is 177 Å². The number of hydrogen-bond donors (Lipinski definition) is 3. The predicted molar refractivity (Wildman–Crippen MR) is 115 cm³/mol. The van der Waals surface area contributed by atoms with Crippen molar-refractivity contribution in [3.8, 4) is 0 Å². The molecule has 1 aliphatic rings. The van der Waals surface area contributed by atoms with E-state index in [0.717, 1.165) is 15.8 Å². The fourth-order valence-corrected chi connectivity index (χ4v) is 3.65. The molecule has 2 heterocycles. The zero-order valence-electron chi connectivity index (χ0n) is 16.9. The van der Waals surface area contributed by atoms with Crippen LogP contribution in [0.25, 0.3) is 15.7 Å². The monoisotopic (exact) mass is 430 g/mol. The molecule has 0 saturated carbocycles. The van der Waals surface area contributed by atoms with E-state index in [4.69, 9.17) is 4.84 Å². The maximum Gasteiger partial charge on any atom is 0.252 e. The molecule has 0 radical (unpaired) electrons. The molecule has 0 fully saturated rings. The van der Waals surface area contributed by atoms with Gasteiger partial charge in [0, 0.05) is 22.8 Å². The second kappa shape index (κ2) is 8.21. The average Bonchev–Trinajstić information content (AvgIpc) is 3.16. The number of nitrogens with one attached hydrogen (secondary N) is 2. The van der Waals surface area contributed by atoms with Crippen molar-refractivity contribution >= 4 is 44.8 Å². The van der Waals surface area contributed by atoms with Gasteiger partial charge in [-0.25, -0.2) is 9.87 Å². The molecule has 30 heavy (non-hydrogen) atoms. The van der Waals surface area contributed by atoms with Crippen LogP contribution in [0.15, 0.2) is 30.2 Å². The highest BCUT2D eigenvalue weighted by Gasteiger charge is 2.25. The van der Waals surface area contributed by atoms with Gasteiger partial charge in [0.2, 0.25) is 5.95 Å². The highest BCUT2D eigenvalue weighted by molar-refractivity contribution is 7.13. The van der Waals surface area contributed by atoms with Crippen molar-refractivity contribution < 1.29 is 14.3 Å². The average molecular weight is 431 g/mol. The summed E-state index contributed by atoms with van der Waals surface area (Å²) in [5.41, 5.74) is 3.29. The lowest BCUT2D eigenvalue weighted by Crippen LogP contribution is -2.24. The number of hydrogen-bond acceptors (Lipinski definition) is 9. The Morgan fingerprint density at radius 2 is 2.00 bits per heavy atom. The molecule has 158 valence electrons. The van der Waals surface area contributed by atoms with Crippen LogP contribution in [-0.4, -0.2) is 36.1 Å². The zero-order valence-corrected chi connectivity index (χ0v) is 17.8. The first-order valence-electron chi connectivity index (χ1n) is 9.67. The van der Waals surface area contributed by atoms with Crippen molar-refractivity contribution in [3.05, 3.63) is 36.0 Å². The fourth-order valence-electron chi connectivity index (χ4n) is 3.03. The number of allylic oxidation sites excluding steroid dienone is 1. The molecule has 0 aliphatic heterocycles. The zero-order chi connectivity index (χ0) is 21.3. The number of rotatable bonds is 5.